The molecule has 0 fully saturated rings. The number of fused-ring (bicyclic) bond motifs is 12. The average molecular weight is 767 g/mol. The lowest BCUT2D eigenvalue weighted by Gasteiger charge is -2.47. The van der Waals surface area contributed by atoms with Crippen LogP contribution in [0.3, 0.4) is 0 Å². The van der Waals surface area contributed by atoms with Crippen LogP contribution in [-0.2, 0) is 10.8 Å². The number of hydrogen-bond donors (Lipinski definition) is 0. The van der Waals surface area contributed by atoms with Gasteiger partial charge in [0.05, 0.1) is 22.1 Å². The van der Waals surface area contributed by atoms with E-state index in [9.17, 15) is 0 Å². The van der Waals surface area contributed by atoms with Gasteiger partial charge in [-0.15, -0.1) is 0 Å². The van der Waals surface area contributed by atoms with Gasteiger partial charge in [-0.2, -0.15) is 0 Å². The van der Waals surface area contributed by atoms with Crippen LogP contribution in [0, 0.1) is 0 Å². The molecule has 2 aliphatic carbocycles. The summed E-state index contributed by atoms with van der Waals surface area (Å²) in [7, 11) is 0. The highest BCUT2D eigenvalue weighted by Crippen LogP contribution is 2.63. The van der Waals surface area contributed by atoms with Crippen molar-refractivity contribution in [2.45, 2.75) is 24.7 Å². The van der Waals surface area contributed by atoms with Gasteiger partial charge in [-0.05, 0) is 98.6 Å². The molecule has 2 heteroatoms. The van der Waals surface area contributed by atoms with Gasteiger partial charge < -0.3 is 9.47 Å². The maximum Gasteiger partial charge on any atom is 0.0719 e. The Bertz CT molecular complexity index is 3210. The molecule has 2 nitrogen and oxygen atoms in total. The summed E-state index contributed by atoms with van der Waals surface area (Å²) in [6.45, 7) is 4.86. The normalized spacial score (nSPS) is 14.1. The molecule has 1 spiro atoms. The summed E-state index contributed by atoms with van der Waals surface area (Å²) in [6, 6.07) is 80.9. The van der Waals surface area contributed by atoms with E-state index in [1.165, 1.54) is 77.4 Å². The van der Waals surface area contributed by atoms with Gasteiger partial charge in [0.25, 0.3) is 0 Å². The molecule has 0 saturated carbocycles. The molecule has 60 heavy (non-hydrogen) atoms. The van der Waals surface area contributed by atoms with Gasteiger partial charge in [0.1, 0.15) is 0 Å². The van der Waals surface area contributed by atoms with Gasteiger partial charge in [0.2, 0.25) is 0 Å². The lowest BCUT2D eigenvalue weighted by atomic mass is 9.54. The summed E-state index contributed by atoms with van der Waals surface area (Å²) in [4.78, 5) is 2.45. The van der Waals surface area contributed by atoms with Crippen molar-refractivity contribution in [1.29, 1.82) is 0 Å². The number of nitrogens with zero attached hydrogens (tertiary/aromatic N) is 2. The van der Waals surface area contributed by atoms with Gasteiger partial charge in [-0.1, -0.05) is 184 Å². The van der Waals surface area contributed by atoms with Gasteiger partial charge in [-0.3, -0.25) is 0 Å². The Hall–Kier alpha value is -7.42. The fourth-order valence-corrected chi connectivity index (χ4v) is 11.1. The third-order valence-electron chi connectivity index (χ3n) is 13.4. The molecule has 1 aromatic heterocycles. The largest absolute Gasteiger partial charge is 0.310 e. The molecule has 9 aromatic carbocycles. The lowest BCUT2D eigenvalue weighted by Crippen LogP contribution is -2.41. The van der Waals surface area contributed by atoms with Crippen molar-refractivity contribution in [3.8, 4) is 27.9 Å². The van der Waals surface area contributed by atoms with Crippen LogP contribution in [-0.4, -0.2) is 4.57 Å². The van der Waals surface area contributed by atoms with Crippen LogP contribution in [0.5, 0.6) is 0 Å². The predicted octanol–water partition coefficient (Wildman–Crippen LogP) is 14.9. The zero-order chi connectivity index (χ0) is 40.0. The zero-order valence-corrected chi connectivity index (χ0v) is 33.7. The minimum absolute atomic E-state index is 0.304. The van der Waals surface area contributed by atoms with E-state index in [0.717, 1.165) is 22.7 Å². The smallest absolute Gasteiger partial charge is 0.0719 e. The molecule has 284 valence electrons. The van der Waals surface area contributed by atoms with Crippen LogP contribution in [0.25, 0.3) is 49.7 Å². The fraction of sp³-hybridized carbons (Fsp3) is 0.0690. The molecule has 0 aliphatic heterocycles. The molecule has 0 saturated heterocycles. The summed E-state index contributed by atoms with van der Waals surface area (Å²) >= 11 is 0. The molecular weight excluding hydrogens is 725 g/mol. The number of para-hydroxylation sites is 4. The van der Waals surface area contributed by atoms with Gasteiger partial charge in [-0.25, -0.2) is 0 Å². The van der Waals surface area contributed by atoms with E-state index in [4.69, 9.17) is 0 Å². The SMILES string of the molecule is CC1(C)c2ccccc2C2(c3ccccc3-c3ccccc32)c2cccc(-c3ccccc3N(c3ccccc3)c3cccc(-n4c5ccccc5c5ccccc54)c3)c21. The van der Waals surface area contributed by atoms with E-state index < -0.39 is 5.41 Å². The van der Waals surface area contributed by atoms with Crippen molar-refractivity contribution < 1.29 is 0 Å². The summed E-state index contributed by atoms with van der Waals surface area (Å²) in [6.07, 6.45) is 0. The zero-order valence-electron chi connectivity index (χ0n) is 33.7. The standard InChI is InChI=1S/C58H42N2/c1-57(2)50-32-13-14-33-51(50)58(48-30-11-6-24-42(48)43-25-7-12-31-49(43)58)52-34-19-29-47(56(52)57)46-28-10-15-35-53(46)59(39-20-4-3-5-21-39)40-22-18-23-41(38-40)60-54-36-16-8-26-44(54)45-27-9-17-37-55(45)60/h3-38H,1-2H3. The average Bonchev–Trinajstić information content (AvgIpc) is 3.80. The molecule has 1 heterocycles. The number of rotatable bonds is 5. The molecule has 0 atom stereocenters. The molecular formula is C58H42N2. The first-order valence-electron chi connectivity index (χ1n) is 21.0. The second kappa shape index (κ2) is 13.0. The number of benzene rings is 9. The van der Waals surface area contributed by atoms with Crippen molar-refractivity contribution in [3.05, 3.63) is 252 Å². The highest BCUT2D eigenvalue weighted by Gasteiger charge is 2.53. The number of hydrogen-bond acceptors (Lipinski definition) is 1. The van der Waals surface area contributed by atoms with E-state index in [1.807, 2.05) is 0 Å². The fourth-order valence-electron chi connectivity index (χ4n) is 11.1. The monoisotopic (exact) mass is 766 g/mol. The van der Waals surface area contributed by atoms with Crippen molar-refractivity contribution in [2.75, 3.05) is 4.90 Å². The maximum atomic E-state index is 2.45. The van der Waals surface area contributed by atoms with E-state index in [2.05, 4.69) is 242 Å². The van der Waals surface area contributed by atoms with Gasteiger partial charge >= 0.3 is 0 Å². The molecule has 0 N–H and O–H groups in total. The Morgan fingerprint density at radius 1 is 0.367 bits per heavy atom. The predicted molar refractivity (Wildman–Crippen MR) is 250 cm³/mol. The third kappa shape index (κ3) is 4.70. The van der Waals surface area contributed by atoms with Crippen LogP contribution in [0.1, 0.15) is 47.2 Å². The molecule has 2 aliphatic rings. The van der Waals surface area contributed by atoms with Crippen LogP contribution in [0.15, 0.2) is 218 Å². The minimum Gasteiger partial charge on any atom is -0.310 e. The van der Waals surface area contributed by atoms with E-state index >= 15 is 0 Å². The molecule has 0 radical (unpaired) electrons. The second-order valence-electron chi connectivity index (χ2n) is 16.8. The number of aromatic nitrogens is 1. The van der Waals surface area contributed by atoms with Crippen molar-refractivity contribution in [3.63, 3.8) is 0 Å². The van der Waals surface area contributed by atoms with Gasteiger partial charge in [0, 0.05) is 38.8 Å². The first-order valence-corrected chi connectivity index (χ1v) is 21.0. The van der Waals surface area contributed by atoms with E-state index in [0.29, 0.717) is 0 Å². The van der Waals surface area contributed by atoms with Crippen molar-refractivity contribution in [1.82, 2.24) is 4.57 Å². The Kier molecular flexibility index (Phi) is 7.52. The Balaban J connectivity index is 1.12. The highest BCUT2D eigenvalue weighted by atomic mass is 15.1. The molecule has 12 rings (SSSR count). The quantitative estimate of drug-likeness (QED) is 0.169. The third-order valence-corrected chi connectivity index (χ3v) is 13.4. The molecule has 0 amide bonds. The van der Waals surface area contributed by atoms with Crippen LogP contribution < -0.4 is 4.90 Å². The van der Waals surface area contributed by atoms with E-state index in [-0.39, 0.29) is 5.41 Å². The maximum absolute atomic E-state index is 2.45. The minimum atomic E-state index is -0.463. The summed E-state index contributed by atoms with van der Waals surface area (Å²) in [5, 5.41) is 2.51. The summed E-state index contributed by atoms with van der Waals surface area (Å²) in [5.74, 6) is 0. The summed E-state index contributed by atoms with van der Waals surface area (Å²) < 4.78 is 2.41. The van der Waals surface area contributed by atoms with Crippen molar-refractivity contribution >= 4 is 38.9 Å². The molecule has 0 bridgehead atoms. The Labute approximate surface area is 351 Å². The number of anilines is 3. The lowest BCUT2D eigenvalue weighted by molar-refractivity contribution is 0.565. The Morgan fingerprint density at radius 2 is 0.850 bits per heavy atom. The second-order valence-corrected chi connectivity index (χ2v) is 16.8. The first-order chi connectivity index (χ1) is 29.6. The van der Waals surface area contributed by atoms with Crippen LogP contribution in [0.2, 0.25) is 0 Å². The topological polar surface area (TPSA) is 8.17 Å². The molecule has 10 aromatic rings. The van der Waals surface area contributed by atoms with Crippen LogP contribution >= 0.6 is 0 Å². The molecule has 0 unspecified atom stereocenters. The van der Waals surface area contributed by atoms with Gasteiger partial charge in [0.15, 0.2) is 0 Å². The van der Waals surface area contributed by atoms with Crippen LogP contribution in [0.4, 0.5) is 17.1 Å². The first kappa shape index (κ1) is 34.6. The van der Waals surface area contributed by atoms with E-state index in [1.54, 1.807) is 0 Å². The summed E-state index contributed by atoms with van der Waals surface area (Å²) in [5.41, 5.74) is 19.4. The van der Waals surface area contributed by atoms with Crippen molar-refractivity contribution in [2.24, 2.45) is 0 Å². The Morgan fingerprint density at radius 3 is 1.53 bits per heavy atom. The highest BCUT2D eigenvalue weighted by molar-refractivity contribution is 6.09.